The lowest BCUT2D eigenvalue weighted by molar-refractivity contribution is 0.256. The molecule has 1 aromatic carbocycles. The van der Waals surface area contributed by atoms with Gasteiger partial charge in [-0.25, -0.2) is 0 Å². The van der Waals surface area contributed by atoms with Crippen LogP contribution < -0.4 is 19.9 Å². The maximum Gasteiger partial charge on any atom is 0.164 e. The third-order valence-corrected chi connectivity index (χ3v) is 3.11. The van der Waals surface area contributed by atoms with E-state index < -0.39 is 0 Å². The van der Waals surface area contributed by atoms with E-state index in [9.17, 15) is 0 Å². The molecule has 1 aromatic rings. The Bertz CT molecular complexity index is 411. The van der Waals surface area contributed by atoms with Gasteiger partial charge in [0, 0.05) is 17.7 Å². The van der Waals surface area contributed by atoms with Crippen molar-refractivity contribution in [3.05, 3.63) is 17.7 Å². The van der Waals surface area contributed by atoms with Crippen LogP contribution in [-0.2, 0) is 0 Å². The maximum absolute atomic E-state index is 6.09. The van der Waals surface area contributed by atoms with E-state index in [1.807, 2.05) is 33.2 Å². The summed E-state index contributed by atoms with van der Waals surface area (Å²) < 4.78 is 16.1. The Balaban J connectivity index is 3.39. The lowest BCUT2D eigenvalue weighted by Crippen LogP contribution is -2.35. The highest BCUT2D eigenvalue weighted by Crippen LogP contribution is 2.39. The molecule has 0 saturated heterocycles. The van der Waals surface area contributed by atoms with Gasteiger partial charge in [0.2, 0.25) is 0 Å². The molecule has 19 heavy (non-hydrogen) atoms. The van der Waals surface area contributed by atoms with Crippen molar-refractivity contribution in [2.24, 2.45) is 5.73 Å². The van der Waals surface area contributed by atoms with Gasteiger partial charge in [-0.15, -0.1) is 0 Å². The van der Waals surface area contributed by atoms with Crippen LogP contribution in [0.25, 0.3) is 0 Å². The van der Waals surface area contributed by atoms with Crippen molar-refractivity contribution < 1.29 is 14.2 Å². The summed E-state index contributed by atoms with van der Waals surface area (Å²) >= 11 is 0. The predicted octanol–water partition coefficient (Wildman–Crippen LogP) is 1.66. The third kappa shape index (κ3) is 3.30. The van der Waals surface area contributed by atoms with E-state index in [1.165, 1.54) is 0 Å². The lowest BCUT2D eigenvalue weighted by Gasteiger charge is -2.30. The van der Waals surface area contributed by atoms with Crippen molar-refractivity contribution in [2.75, 3.05) is 35.4 Å². The quantitative estimate of drug-likeness (QED) is 0.850. The fourth-order valence-corrected chi connectivity index (χ4v) is 2.32. The van der Waals surface area contributed by atoms with E-state index in [0.717, 1.165) is 11.3 Å². The van der Waals surface area contributed by atoms with Crippen molar-refractivity contribution >= 4 is 0 Å². The molecule has 0 aromatic heterocycles. The van der Waals surface area contributed by atoms with Crippen LogP contribution in [0.15, 0.2) is 12.1 Å². The van der Waals surface area contributed by atoms with E-state index in [0.29, 0.717) is 11.5 Å². The first-order valence-electron chi connectivity index (χ1n) is 6.18. The van der Waals surface area contributed by atoms with Gasteiger partial charge in [-0.3, -0.25) is 0 Å². The Kier molecular flexibility index (Phi) is 5.44. The van der Waals surface area contributed by atoms with Crippen LogP contribution in [0.2, 0.25) is 0 Å². The van der Waals surface area contributed by atoms with Crippen LogP contribution in [0.5, 0.6) is 17.2 Å². The summed E-state index contributed by atoms with van der Waals surface area (Å²) in [4.78, 5) is 2.06. The van der Waals surface area contributed by atoms with Gasteiger partial charge in [-0.05, 0) is 27.1 Å². The second-order valence-corrected chi connectivity index (χ2v) is 4.72. The Hall–Kier alpha value is -1.46. The molecule has 0 heterocycles. The van der Waals surface area contributed by atoms with Crippen LogP contribution in [0.3, 0.4) is 0 Å². The Morgan fingerprint density at radius 3 is 1.79 bits per heavy atom. The van der Waals surface area contributed by atoms with Gasteiger partial charge >= 0.3 is 0 Å². The number of methoxy groups -OCH3 is 3. The monoisotopic (exact) mass is 268 g/mol. The molecule has 0 fully saturated rings. The maximum atomic E-state index is 6.09. The van der Waals surface area contributed by atoms with Crippen LogP contribution in [-0.4, -0.2) is 46.4 Å². The first-order valence-corrected chi connectivity index (χ1v) is 6.18. The number of nitrogens with two attached hydrogens (primary N) is 1. The Labute approximate surface area is 115 Å². The minimum absolute atomic E-state index is 0.0368. The van der Waals surface area contributed by atoms with Gasteiger partial charge in [0.05, 0.1) is 27.4 Å². The molecular weight excluding hydrogens is 244 g/mol. The normalized spacial score (nSPS) is 14.1. The second-order valence-electron chi connectivity index (χ2n) is 4.72. The Morgan fingerprint density at radius 1 is 0.947 bits per heavy atom. The molecule has 0 radical (unpaired) electrons. The largest absolute Gasteiger partial charge is 0.496 e. The Morgan fingerprint density at radius 2 is 1.42 bits per heavy atom. The average Bonchev–Trinajstić information content (AvgIpc) is 2.37. The summed E-state index contributed by atoms with van der Waals surface area (Å²) in [5, 5.41) is 0. The molecule has 0 saturated carbocycles. The fourth-order valence-electron chi connectivity index (χ4n) is 2.32. The van der Waals surface area contributed by atoms with E-state index in [4.69, 9.17) is 19.9 Å². The van der Waals surface area contributed by atoms with Gasteiger partial charge in [-0.1, -0.05) is 0 Å². The van der Waals surface area contributed by atoms with Gasteiger partial charge < -0.3 is 24.8 Å². The lowest BCUT2D eigenvalue weighted by atomic mass is 9.98. The molecule has 2 unspecified atom stereocenters. The zero-order valence-corrected chi connectivity index (χ0v) is 12.6. The number of rotatable bonds is 6. The van der Waals surface area contributed by atoms with Crippen molar-refractivity contribution in [2.45, 2.75) is 19.0 Å². The molecule has 5 heteroatoms. The highest BCUT2D eigenvalue weighted by molar-refractivity contribution is 5.52. The number of hydrogen-bond acceptors (Lipinski definition) is 5. The number of benzene rings is 1. The molecule has 5 nitrogen and oxygen atoms in total. The summed E-state index contributed by atoms with van der Waals surface area (Å²) in [6.07, 6.45) is 0. The van der Waals surface area contributed by atoms with Crippen LogP contribution >= 0.6 is 0 Å². The first kappa shape index (κ1) is 15.6. The molecule has 0 amide bonds. The fraction of sp³-hybridized carbons (Fsp3) is 0.571. The van der Waals surface area contributed by atoms with Crippen molar-refractivity contribution in [3.63, 3.8) is 0 Å². The molecular formula is C14H24N2O3. The molecule has 0 aliphatic rings. The topological polar surface area (TPSA) is 57.0 Å². The van der Waals surface area contributed by atoms with Gasteiger partial charge in [0.25, 0.3) is 0 Å². The summed E-state index contributed by atoms with van der Waals surface area (Å²) in [5.74, 6) is 2.06. The molecule has 1 rings (SSSR count). The second kappa shape index (κ2) is 6.63. The first-order chi connectivity index (χ1) is 8.96. The van der Waals surface area contributed by atoms with Crippen LogP contribution in [0, 0.1) is 0 Å². The van der Waals surface area contributed by atoms with E-state index in [2.05, 4.69) is 4.90 Å². The van der Waals surface area contributed by atoms with Gasteiger partial charge in [0.15, 0.2) is 11.5 Å². The zero-order chi connectivity index (χ0) is 14.6. The van der Waals surface area contributed by atoms with Gasteiger partial charge in [0.1, 0.15) is 5.75 Å². The van der Waals surface area contributed by atoms with Crippen molar-refractivity contribution in [1.82, 2.24) is 4.90 Å². The standard InChI is InChI=1S/C14H24N2O3/c1-9(15)14(16(2)3)10-7-12(18-5)13(19-6)8-11(10)17-4/h7-9,14H,15H2,1-6H3. The summed E-state index contributed by atoms with van der Waals surface area (Å²) in [5.41, 5.74) is 7.07. The number of ether oxygens (including phenoxy) is 3. The molecule has 2 N–H and O–H groups in total. The molecule has 0 spiro atoms. The minimum atomic E-state index is -0.0398. The predicted molar refractivity (Wildman–Crippen MR) is 76.2 cm³/mol. The average molecular weight is 268 g/mol. The van der Waals surface area contributed by atoms with Crippen molar-refractivity contribution in [3.8, 4) is 17.2 Å². The number of nitrogens with zero attached hydrogens (tertiary/aromatic N) is 1. The summed E-state index contributed by atoms with van der Waals surface area (Å²) in [6.45, 7) is 1.97. The molecule has 0 bridgehead atoms. The molecule has 2 atom stereocenters. The van der Waals surface area contributed by atoms with E-state index in [1.54, 1.807) is 21.3 Å². The highest BCUT2D eigenvalue weighted by atomic mass is 16.5. The van der Waals surface area contributed by atoms with E-state index >= 15 is 0 Å². The smallest absolute Gasteiger partial charge is 0.164 e. The molecule has 0 aliphatic carbocycles. The minimum Gasteiger partial charge on any atom is -0.496 e. The SMILES string of the molecule is COc1cc(OC)c(C(C(C)N)N(C)C)cc1OC. The molecule has 0 aliphatic heterocycles. The van der Waals surface area contributed by atoms with Crippen molar-refractivity contribution in [1.29, 1.82) is 0 Å². The number of hydrogen-bond donors (Lipinski definition) is 1. The zero-order valence-electron chi connectivity index (χ0n) is 12.6. The van der Waals surface area contributed by atoms with Crippen LogP contribution in [0.1, 0.15) is 18.5 Å². The molecule has 108 valence electrons. The highest BCUT2D eigenvalue weighted by Gasteiger charge is 2.24. The van der Waals surface area contributed by atoms with E-state index in [-0.39, 0.29) is 12.1 Å². The summed E-state index contributed by atoms with van der Waals surface area (Å²) in [7, 11) is 8.84. The third-order valence-electron chi connectivity index (χ3n) is 3.11. The summed E-state index contributed by atoms with van der Waals surface area (Å²) in [6, 6.07) is 3.75. The van der Waals surface area contributed by atoms with Crippen LogP contribution in [0.4, 0.5) is 0 Å². The van der Waals surface area contributed by atoms with Gasteiger partial charge in [-0.2, -0.15) is 0 Å². The number of likely N-dealkylation sites (N-methyl/N-ethyl adjacent to an activating group) is 1.